The Morgan fingerprint density at radius 2 is 1.89 bits per heavy atom. The summed E-state index contributed by atoms with van der Waals surface area (Å²) in [6.45, 7) is 10.5. The van der Waals surface area contributed by atoms with Crippen LogP contribution < -0.4 is 0 Å². The van der Waals surface area contributed by atoms with Crippen LogP contribution in [0.3, 0.4) is 0 Å². The first-order valence-corrected chi connectivity index (χ1v) is 13.3. The molecule has 0 spiro atoms. The molecule has 0 radical (unpaired) electrons. The molecule has 3 aliphatic rings. The van der Waals surface area contributed by atoms with Crippen molar-refractivity contribution in [3.63, 3.8) is 0 Å². The summed E-state index contributed by atoms with van der Waals surface area (Å²) in [6, 6.07) is 0. The molecule has 3 N–H and O–H groups in total. The third-order valence-electron chi connectivity index (χ3n) is 8.94. The number of cyclic esters (lactones) is 1. The van der Waals surface area contributed by atoms with Gasteiger partial charge in [-0.25, -0.2) is 4.98 Å². The summed E-state index contributed by atoms with van der Waals surface area (Å²) in [6.07, 6.45) is 2.26. The minimum Gasteiger partial charge on any atom is -0.458 e. The van der Waals surface area contributed by atoms with Gasteiger partial charge in [0, 0.05) is 12.3 Å². The van der Waals surface area contributed by atoms with E-state index in [0.717, 1.165) is 18.4 Å². The number of fused-ring (bicyclic) bond motifs is 2. The zero-order valence-corrected chi connectivity index (χ0v) is 22.6. The number of esters is 1. The van der Waals surface area contributed by atoms with E-state index in [1.807, 2.05) is 13.8 Å². The molecular weight excluding hydrogens is 478 g/mol. The van der Waals surface area contributed by atoms with Crippen molar-refractivity contribution in [2.45, 2.75) is 104 Å². The molecule has 3 fully saturated rings. The number of Topliss-reactive ketones (excluding diaryl/α,β-unsaturated/α-hetero) is 1. The van der Waals surface area contributed by atoms with Crippen LogP contribution in [0.1, 0.15) is 78.8 Å². The second kappa shape index (κ2) is 10.2. The first-order chi connectivity index (χ1) is 17.3. The molecule has 2 aliphatic heterocycles. The van der Waals surface area contributed by atoms with Crippen LogP contribution in [-0.2, 0) is 25.7 Å². The molecular formula is C28H41NO8. The molecule has 2 saturated heterocycles. The summed E-state index contributed by atoms with van der Waals surface area (Å²) in [4.78, 5) is 30.5. The highest BCUT2D eigenvalue weighted by molar-refractivity contribution is 5.88. The van der Waals surface area contributed by atoms with Gasteiger partial charge in [-0.3, -0.25) is 9.59 Å². The average Bonchev–Trinajstić information content (AvgIpc) is 3.68. The molecule has 9 atom stereocenters. The number of carbonyl (C=O) groups excluding carboxylic acids is 2. The molecule has 9 nitrogen and oxygen atoms in total. The number of aromatic nitrogens is 1. The molecule has 1 aliphatic carbocycles. The van der Waals surface area contributed by atoms with E-state index in [-0.39, 0.29) is 42.3 Å². The lowest BCUT2D eigenvalue weighted by atomic mass is 9.72. The van der Waals surface area contributed by atoms with Crippen LogP contribution in [0.5, 0.6) is 0 Å². The second-order valence-corrected chi connectivity index (χ2v) is 12.2. The number of ketones is 1. The largest absolute Gasteiger partial charge is 0.458 e. The summed E-state index contributed by atoms with van der Waals surface area (Å²) >= 11 is 0. The lowest BCUT2D eigenvalue weighted by Crippen LogP contribution is -2.46. The zero-order chi connectivity index (χ0) is 27.3. The van der Waals surface area contributed by atoms with Gasteiger partial charge in [0.2, 0.25) is 5.89 Å². The van der Waals surface area contributed by atoms with E-state index in [9.17, 15) is 24.9 Å². The standard InChI is InChI=1S/C28H41NO8/c1-14(7-18-13-35-23(12-30)29-18)20-9-22-28(6,37-22)11-17-8-19(17)15(2)25(33)16(3)26(34)27(4,5)21(31)10-24(32)36-20/h7,13,15-17,19-22,25,30-31,33H,8-12H2,1-6H3/b14-7+/t15-,16+,17?,19?,20-,21-,22?,25-,28?/m0/s1. The zero-order valence-electron chi connectivity index (χ0n) is 22.6. The number of hydrogen-bond acceptors (Lipinski definition) is 9. The van der Waals surface area contributed by atoms with Gasteiger partial charge in [-0.05, 0) is 56.1 Å². The summed E-state index contributed by atoms with van der Waals surface area (Å²) < 4.78 is 17.2. The van der Waals surface area contributed by atoms with Crippen LogP contribution in [0, 0.1) is 29.1 Å². The maximum atomic E-state index is 13.3. The van der Waals surface area contributed by atoms with Crippen molar-refractivity contribution in [3.8, 4) is 0 Å². The number of aliphatic hydroxyl groups excluding tert-OH is 3. The number of oxazole rings is 1. The number of rotatable bonds is 3. The van der Waals surface area contributed by atoms with E-state index < -0.39 is 35.6 Å². The van der Waals surface area contributed by atoms with Gasteiger partial charge in [0.1, 0.15) is 30.5 Å². The van der Waals surface area contributed by atoms with Crippen LogP contribution in [-0.4, -0.2) is 62.1 Å². The molecule has 1 saturated carbocycles. The SMILES string of the molecule is C/C(=C\c1coc(CO)n1)[C@@H]1CC2OC2(C)CC2CC2[C@H](C)[C@H](O)[C@@H](C)C(=O)C(C)(C)[C@@H](O)CC(=O)O1. The van der Waals surface area contributed by atoms with Crippen LogP contribution in [0.2, 0.25) is 0 Å². The Balaban J connectivity index is 1.59. The lowest BCUT2D eigenvalue weighted by molar-refractivity contribution is -0.154. The number of carbonyl (C=O) groups is 2. The fraction of sp³-hybridized carbons (Fsp3) is 0.750. The predicted octanol–water partition coefficient (Wildman–Crippen LogP) is 3.05. The van der Waals surface area contributed by atoms with Crippen molar-refractivity contribution >= 4 is 17.8 Å². The van der Waals surface area contributed by atoms with E-state index in [4.69, 9.17) is 13.9 Å². The number of aliphatic hydroxyl groups is 3. The molecule has 1 aromatic rings. The lowest BCUT2D eigenvalue weighted by Gasteiger charge is -2.34. The Morgan fingerprint density at radius 3 is 2.54 bits per heavy atom. The Bertz CT molecular complexity index is 1050. The smallest absolute Gasteiger partial charge is 0.309 e. The van der Waals surface area contributed by atoms with Gasteiger partial charge in [-0.1, -0.05) is 27.7 Å². The highest BCUT2D eigenvalue weighted by Crippen LogP contribution is 2.56. The summed E-state index contributed by atoms with van der Waals surface area (Å²) in [7, 11) is 0. The molecule has 0 bridgehead atoms. The normalized spacial score (nSPS) is 40.9. The van der Waals surface area contributed by atoms with Gasteiger partial charge in [-0.15, -0.1) is 0 Å². The van der Waals surface area contributed by atoms with Crippen LogP contribution in [0.25, 0.3) is 6.08 Å². The van der Waals surface area contributed by atoms with Crippen molar-refractivity contribution in [2.24, 2.45) is 29.1 Å². The maximum Gasteiger partial charge on any atom is 0.309 e. The first-order valence-electron chi connectivity index (χ1n) is 13.3. The van der Waals surface area contributed by atoms with E-state index in [1.165, 1.54) is 6.26 Å². The quantitative estimate of drug-likeness (QED) is 0.405. The third-order valence-corrected chi connectivity index (χ3v) is 8.94. The first kappa shape index (κ1) is 28.0. The van der Waals surface area contributed by atoms with Crippen LogP contribution in [0.4, 0.5) is 0 Å². The number of nitrogens with zero attached hydrogens (tertiary/aromatic N) is 1. The Kier molecular flexibility index (Phi) is 7.74. The van der Waals surface area contributed by atoms with Crippen molar-refractivity contribution in [1.29, 1.82) is 0 Å². The molecule has 0 aromatic carbocycles. The minimum absolute atomic E-state index is 0.0558. The van der Waals surface area contributed by atoms with Crippen LogP contribution in [0.15, 0.2) is 16.3 Å². The molecule has 0 amide bonds. The Hall–Kier alpha value is -2.07. The van der Waals surface area contributed by atoms with Gasteiger partial charge in [0.05, 0.1) is 35.7 Å². The van der Waals surface area contributed by atoms with Crippen molar-refractivity contribution in [3.05, 3.63) is 23.4 Å². The monoisotopic (exact) mass is 519 g/mol. The van der Waals surface area contributed by atoms with Gasteiger partial charge < -0.3 is 29.2 Å². The molecule has 4 unspecified atom stereocenters. The van der Waals surface area contributed by atoms with E-state index in [0.29, 0.717) is 24.0 Å². The Labute approximate surface area is 218 Å². The van der Waals surface area contributed by atoms with Gasteiger partial charge in [-0.2, -0.15) is 0 Å². The molecule has 37 heavy (non-hydrogen) atoms. The third kappa shape index (κ3) is 5.85. The van der Waals surface area contributed by atoms with E-state index >= 15 is 0 Å². The fourth-order valence-electron chi connectivity index (χ4n) is 5.98. The molecule has 1 aromatic heterocycles. The topological polar surface area (TPSA) is 143 Å². The molecule has 4 rings (SSSR count). The summed E-state index contributed by atoms with van der Waals surface area (Å²) in [5.41, 5.74) is -0.352. The number of ether oxygens (including phenoxy) is 2. The summed E-state index contributed by atoms with van der Waals surface area (Å²) in [5, 5.41) is 31.2. The second-order valence-electron chi connectivity index (χ2n) is 12.2. The Morgan fingerprint density at radius 1 is 1.19 bits per heavy atom. The number of hydrogen-bond donors (Lipinski definition) is 3. The van der Waals surface area contributed by atoms with Gasteiger partial charge in [0.15, 0.2) is 0 Å². The highest BCUT2D eigenvalue weighted by Gasteiger charge is 2.58. The van der Waals surface area contributed by atoms with E-state index in [1.54, 1.807) is 26.8 Å². The molecule has 206 valence electrons. The van der Waals surface area contributed by atoms with Crippen molar-refractivity contribution in [1.82, 2.24) is 4.98 Å². The molecule has 9 heteroatoms. The van der Waals surface area contributed by atoms with Crippen LogP contribution >= 0.6 is 0 Å². The van der Waals surface area contributed by atoms with Gasteiger partial charge >= 0.3 is 5.97 Å². The maximum absolute atomic E-state index is 13.3. The van der Waals surface area contributed by atoms with Gasteiger partial charge in [0.25, 0.3) is 0 Å². The van der Waals surface area contributed by atoms with E-state index in [2.05, 4.69) is 11.9 Å². The fourth-order valence-corrected chi connectivity index (χ4v) is 5.98. The predicted molar refractivity (Wildman–Crippen MR) is 134 cm³/mol. The highest BCUT2D eigenvalue weighted by atomic mass is 16.6. The van der Waals surface area contributed by atoms with Crippen molar-refractivity contribution in [2.75, 3.05) is 0 Å². The number of epoxide rings is 1. The average molecular weight is 520 g/mol. The molecule has 3 heterocycles. The summed E-state index contributed by atoms with van der Waals surface area (Å²) in [5.74, 6) is -0.717. The minimum atomic E-state index is -1.27. The van der Waals surface area contributed by atoms with Crippen molar-refractivity contribution < 1.29 is 38.8 Å².